The van der Waals surface area contributed by atoms with Crippen molar-refractivity contribution < 1.29 is 9.18 Å². The fraction of sp³-hybridized carbons (Fsp3) is 0.500. The van der Waals surface area contributed by atoms with Crippen LogP contribution in [0.1, 0.15) is 28.8 Å². The molecule has 0 unspecified atom stereocenters. The third-order valence-electron chi connectivity index (χ3n) is 3.50. The highest BCUT2D eigenvalue weighted by Gasteiger charge is 2.30. The van der Waals surface area contributed by atoms with E-state index in [0.29, 0.717) is 5.56 Å². The molecule has 1 aliphatic heterocycles. The molecule has 1 saturated heterocycles. The van der Waals surface area contributed by atoms with Gasteiger partial charge >= 0.3 is 0 Å². The number of rotatable bonds is 3. The smallest absolute Gasteiger partial charge is 0.257 e. The Balaban J connectivity index is 2.23. The number of carbonyl (C=O) groups excluding carboxylic acids is 1. The Bertz CT molecular complexity index is 447. The van der Waals surface area contributed by atoms with E-state index in [9.17, 15) is 9.18 Å². The first kappa shape index (κ1) is 13.0. The van der Waals surface area contributed by atoms with Gasteiger partial charge in [0.1, 0.15) is 5.82 Å². The van der Waals surface area contributed by atoms with Crippen LogP contribution in [0.5, 0.6) is 0 Å². The second kappa shape index (κ2) is 5.48. The van der Waals surface area contributed by atoms with Crippen molar-refractivity contribution in [3.05, 3.63) is 35.1 Å². The summed E-state index contributed by atoms with van der Waals surface area (Å²) >= 11 is 0. The Morgan fingerprint density at radius 3 is 3.06 bits per heavy atom. The molecule has 0 saturated carbocycles. The fourth-order valence-corrected chi connectivity index (χ4v) is 2.52. The number of benzene rings is 1. The predicted molar refractivity (Wildman–Crippen MR) is 69.1 cm³/mol. The average Bonchev–Trinajstić information content (AvgIpc) is 2.80. The monoisotopic (exact) mass is 250 g/mol. The Morgan fingerprint density at radius 1 is 1.56 bits per heavy atom. The normalized spacial score (nSPS) is 19.3. The molecule has 1 heterocycles. The fourth-order valence-electron chi connectivity index (χ4n) is 2.52. The van der Waals surface area contributed by atoms with Gasteiger partial charge in [-0.25, -0.2) is 4.39 Å². The van der Waals surface area contributed by atoms with Crippen LogP contribution >= 0.6 is 0 Å². The van der Waals surface area contributed by atoms with Crippen molar-refractivity contribution >= 4 is 5.91 Å². The second-order valence-corrected chi connectivity index (χ2v) is 4.79. The third-order valence-corrected chi connectivity index (χ3v) is 3.50. The van der Waals surface area contributed by atoms with Gasteiger partial charge < -0.3 is 10.2 Å². The Hall–Kier alpha value is -1.42. The first-order valence-corrected chi connectivity index (χ1v) is 6.36. The highest BCUT2D eigenvalue weighted by atomic mass is 19.1. The number of amides is 1. The molecule has 1 fully saturated rings. The number of likely N-dealkylation sites (tertiary alicyclic amines) is 1. The number of halogens is 1. The highest BCUT2D eigenvalue weighted by Crippen LogP contribution is 2.21. The van der Waals surface area contributed by atoms with Gasteiger partial charge in [-0.05, 0) is 38.4 Å². The molecule has 1 aromatic carbocycles. The quantitative estimate of drug-likeness (QED) is 0.889. The first-order chi connectivity index (χ1) is 8.65. The minimum atomic E-state index is -0.391. The van der Waals surface area contributed by atoms with Crippen molar-refractivity contribution in [1.82, 2.24) is 10.2 Å². The number of aryl methyl sites for hydroxylation is 1. The zero-order valence-corrected chi connectivity index (χ0v) is 10.9. The molecule has 4 heteroatoms. The molecule has 3 nitrogen and oxygen atoms in total. The molecule has 98 valence electrons. The molecule has 0 aliphatic carbocycles. The number of carbonyl (C=O) groups is 1. The lowest BCUT2D eigenvalue weighted by Crippen LogP contribution is -2.41. The van der Waals surface area contributed by atoms with Crippen molar-refractivity contribution in [3.63, 3.8) is 0 Å². The number of nitrogens with one attached hydrogen (secondary N) is 1. The van der Waals surface area contributed by atoms with E-state index in [1.807, 2.05) is 7.05 Å². The molecule has 1 atom stereocenters. The van der Waals surface area contributed by atoms with Crippen LogP contribution in [0.25, 0.3) is 0 Å². The first-order valence-electron chi connectivity index (χ1n) is 6.36. The highest BCUT2D eigenvalue weighted by molar-refractivity contribution is 5.95. The molecular weight excluding hydrogens is 231 g/mol. The zero-order chi connectivity index (χ0) is 13.1. The molecule has 1 aromatic rings. The van der Waals surface area contributed by atoms with Gasteiger partial charge in [0, 0.05) is 19.1 Å². The molecule has 1 aliphatic rings. The Kier molecular flexibility index (Phi) is 3.97. The number of hydrogen-bond donors (Lipinski definition) is 1. The van der Waals surface area contributed by atoms with Crippen LogP contribution < -0.4 is 5.32 Å². The minimum absolute atomic E-state index is 0.183. The largest absolute Gasteiger partial charge is 0.334 e. The lowest BCUT2D eigenvalue weighted by atomic mass is 10.1. The van der Waals surface area contributed by atoms with E-state index in [0.717, 1.165) is 25.9 Å². The predicted octanol–water partition coefficient (Wildman–Crippen LogP) is 1.96. The molecule has 2 rings (SSSR count). The Labute approximate surface area is 107 Å². The Morgan fingerprint density at radius 2 is 2.33 bits per heavy atom. The van der Waals surface area contributed by atoms with Gasteiger partial charge in [0.15, 0.2) is 0 Å². The van der Waals surface area contributed by atoms with Crippen LogP contribution in [0.3, 0.4) is 0 Å². The maximum Gasteiger partial charge on any atom is 0.257 e. The molecule has 18 heavy (non-hydrogen) atoms. The van der Waals surface area contributed by atoms with Crippen LogP contribution in [-0.4, -0.2) is 37.0 Å². The topological polar surface area (TPSA) is 32.3 Å². The van der Waals surface area contributed by atoms with E-state index < -0.39 is 5.82 Å². The van der Waals surface area contributed by atoms with Gasteiger partial charge in [-0.3, -0.25) is 4.79 Å². The van der Waals surface area contributed by atoms with E-state index >= 15 is 0 Å². The molecule has 0 spiro atoms. The van der Waals surface area contributed by atoms with Gasteiger partial charge in [-0.1, -0.05) is 12.1 Å². The summed E-state index contributed by atoms with van der Waals surface area (Å²) in [7, 11) is 1.87. The summed E-state index contributed by atoms with van der Waals surface area (Å²) in [4.78, 5) is 14.1. The number of likely N-dealkylation sites (N-methyl/N-ethyl adjacent to an activating group) is 1. The summed E-state index contributed by atoms with van der Waals surface area (Å²) in [5, 5.41) is 3.08. The molecule has 0 bridgehead atoms. The summed E-state index contributed by atoms with van der Waals surface area (Å²) in [5.41, 5.74) is 0.711. The molecule has 0 aromatic heterocycles. The summed E-state index contributed by atoms with van der Waals surface area (Å²) in [6.07, 6.45) is 1.98. The van der Waals surface area contributed by atoms with Gasteiger partial charge in [-0.15, -0.1) is 0 Å². The zero-order valence-electron chi connectivity index (χ0n) is 10.9. The maximum absolute atomic E-state index is 14.0. The van der Waals surface area contributed by atoms with E-state index in [2.05, 4.69) is 5.32 Å². The van der Waals surface area contributed by atoms with Gasteiger partial charge in [0.2, 0.25) is 0 Å². The summed E-state index contributed by atoms with van der Waals surface area (Å²) in [6, 6.07) is 5.16. The maximum atomic E-state index is 14.0. The van der Waals surface area contributed by atoms with Crippen LogP contribution in [0.2, 0.25) is 0 Å². The van der Waals surface area contributed by atoms with Crippen LogP contribution in [-0.2, 0) is 0 Å². The molecule has 0 radical (unpaired) electrons. The second-order valence-electron chi connectivity index (χ2n) is 4.79. The van der Waals surface area contributed by atoms with E-state index in [4.69, 9.17) is 0 Å². The van der Waals surface area contributed by atoms with Crippen molar-refractivity contribution in [3.8, 4) is 0 Å². The summed E-state index contributed by atoms with van der Waals surface area (Å²) < 4.78 is 14.0. The van der Waals surface area contributed by atoms with Gasteiger partial charge in [0.05, 0.1) is 5.56 Å². The lowest BCUT2D eigenvalue weighted by molar-refractivity contribution is 0.0732. The van der Waals surface area contributed by atoms with Crippen molar-refractivity contribution in [1.29, 1.82) is 0 Å². The van der Waals surface area contributed by atoms with Gasteiger partial charge in [-0.2, -0.15) is 0 Å². The van der Waals surface area contributed by atoms with Gasteiger partial charge in [0.25, 0.3) is 5.91 Å². The third kappa shape index (κ3) is 2.38. The van der Waals surface area contributed by atoms with E-state index in [1.54, 1.807) is 30.0 Å². The van der Waals surface area contributed by atoms with Crippen LogP contribution in [0.15, 0.2) is 18.2 Å². The molecule has 1 N–H and O–H groups in total. The van der Waals surface area contributed by atoms with E-state index in [-0.39, 0.29) is 17.5 Å². The standard InChI is InChI=1S/C14H19FN2O/c1-10-5-3-7-12(13(10)15)14(18)17-8-4-6-11(17)9-16-2/h3,5,7,11,16H,4,6,8-9H2,1-2H3/t11-/m0/s1. The van der Waals surface area contributed by atoms with Crippen molar-refractivity contribution in [2.45, 2.75) is 25.8 Å². The van der Waals surface area contributed by atoms with E-state index in [1.165, 1.54) is 0 Å². The lowest BCUT2D eigenvalue weighted by Gasteiger charge is -2.25. The van der Waals surface area contributed by atoms with Crippen molar-refractivity contribution in [2.24, 2.45) is 0 Å². The molecular formula is C14H19FN2O. The average molecular weight is 250 g/mol. The van der Waals surface area contributed by atoms with Crippen LogP contribution in [0, 0.1) is 12.7 Å². The number of nitrogens with zero attached hydrogens (tertiary/aromatic N) is 1. The van der Waals surface area contributed by atoms with Crippen LogP contribution in [0.4, 0.5) is 4.39 Å². The minimum Gasteiger partial charge on any atom is -0.334 e. The number of hydrogen-bond acceptors (Lipinski definition) is 2. The summed E-state index contributed by atoms with van der Waals surface area (Å²) in [5.74, 6) is -0.577. The summed E-state index contributed by atoms with van der Waals surface area (Å²) in [6.45, 7) is 3.17. The van der Waals surface area contributed by atoms with Crippen molar-refractivity contribution in [2.75, 3.05) is 20.1 Å². The molecule has 1 amide bonds. The SMILES string of the molecule is CNC[C@@H]1CCCN1C(=O)c1cccc(C)c1F.